The van der Waals surface area contributed by atoms with Gasteiger partial charge in [-0.3, -0.25) is 4.79 Å². The molecule has 0 unspecified atom stereocenters. The Bertz CT molecular complexity index is 1250. The Morgan fingerprint density at radius 2 is 1.90 bits per heavy atom. The lowest BCUT2D eigenvalue weighted by atomic mass is 9.83. The number of aryl methyl sites for hydroxylation is 1. The molecule has 0 spiro atoms. The summed E-state index contributed by atoms with van der Waals surface area (Å²) in [6, 6.07) is 18.4. The maximum absolute atomic E-state index is 13.7. The van der Waals surface area contributed by atoms with Gasteiger partial charge in [-0.25, -0.2) is 4.79 Å². The average Bonchev–Trinajstić information content (AvgIpc) is 2.76. The van der Waals surface area contributed by atoms with Gasteiger partial charge in [0, 0.05) is 16.8 Å². The first kappa shape index (κ1) is 20.8. The number of fused-ring (bicyclic) bond motifs is 1. The Kier molecular flexibility index (Phi) is 5.57. The number of halogens is 1. The number of pyridine rings is 1. The number of nitrogens with zero attached hydrogens (tertiary/aromatic N) is 1. The van der Waals surface area contributed by atoms with Gasteiger partial charge < -0.3 is 19.8 Å². The van der Waals surface area contributed by atoms with Crippen molar-refractivity contribution >= 4 is 17.6 Å². The number of benzene rings is 2. The smallest absolute Gasteiger partial charge is 0.340 e. The third-order valence-corrected chi connectivity index (χ3v) is 5.58. The van der Waals surface area contributed by atoms with Crippen LogP contribution >= 0.6 is 11.6 Å². The summed E-state index contributed by atoms with van der Waals surface area (Å²) in [5.41, 5.74) is 8.58. The number of ether oxygens (including phenoxy) is 2. The molecule has 158 valence electrons. The second-order valence-electron chi connectivity index (χ2n) is 7.30. The van der Waals surface area contributed by atoms with Crippen molar-refractivity contribution < 1.29 is 14.3 Å². The lowest BCUT2D eigenvalue weighted by Crippen LogP contribution is -2.35. The Balaban J connectivity index is 1.96. The molecular formula is C24H21ClN2O4. The predicted octanol–water partition coefficient (Wildman–Crippen LogP) is 3.73. The highest BCUT2D eigenvalue weighted by Gasteiger charge is 2.38. The van der Waals surface area contributed by atoms with Gasteiger partial charge in [0.2, 0.25) is 5.88 Å². The molecule has 31 heavy (non-hydrogen) atoms. The van der Waals surface area contributed by atoms with Crippen LogP contribution in [0.1, 0.15) is 28.3 Å². The second kappa shape index (κ2) is 8.32. The molecule has 0 saturated heterocycles. The summed E-state index contributed by atoms with van der Waals surface area (Å²) < 4.78 is 12.3. The van der Waals surface area contributed by atoms with Crippen molar-refractivity contribution in [2.45, 2.75) is 19.4 Å². The van der Waals surface area contributed by atoms with E-state index in [-0.39, 0.29) is 17.0 Å². The van der Waals surface area contributed by atoms with Crippen LogP contribution in [0.25, 0.3) is 0 Å². The van der Waals surface area contributed by atoms with Gasteiger partial charge in [-0.1, -0.05) is 54.1 Å². The number of methoxy groups -OCH3 is 1. The van der Waals surface area contributed by atoms with E-state index in [1.54, 1.807) is 34.9 Å². The molecule has 0 aliphatic carbocycles. The van der Waals surface area contributed by atoms with Crippen molar-refractivity contribution in [3.63, 3.8) is 0 Å². The van der Waals surface area contributed by atoms with E-state index in [2.05, 4.69) is 0 Å². The molecule has 3 aromatic rings. The molecule has 1 atom stereocenters. The summed E-state index contributed by atoms with van der Waals surface area (Å²) in [5.74, 6) is -1.21. The summed E-state index contributed by atoms with van der Waals surface area (Å²) in [4.78, 5) is 26.3. The van der Waals surface area contributed by atoms with Crippen molar-refractivity contribution in [2.24, 2.45) is 5.73 Å². The van der Waals surface area contributed by atoms with Gasteiger partial charge >= 0.3 is 5.97 Å². The van der Waals surface area contributed by atoms with Crippen LogP contribution in [0.3, 0.4) is 0 Å². The van der Waals surface area contributed by atoms with Crippen molar-refractivity contribution in [3.8, 4) is 5.75 Å². The molecule has 4 rings (SSSR count). The molecule has 2 N–H and O–H groups in total. The maximum atomic E-state index is 13.7. The molecule has 0 bridgehead atoms. The molecule has 1 aliphatic rings. The van der Waals surface area contributed by atoms with Crippen molar-refractivity contribution in [3.05, 3.63) is 110 Å². The predicted molar refractivity (Wildman–Crippen MR) is 118 cm³/mol. The minimum absolute atomic E-state index is 0.0736. The molecule has 6 nitrogen and oxygen atoms in total. The molecule has 1 aliphatic heterocycles. The van der Waals surface area contributed by atoms with Crippen LogP contribution in [-0.2, 0) is 16.1 Å². The Morgan fingerprint density at radius 1 is 1.16 bits per heavy atom. The van der Waals surface area contributed by atoms with Crippen LogP contribution in [0, 0.1) is 6.92 Å². The fourth-order valence-corrected chi connectivity index (χ4v) is 4.08. The third-order valence-electron chi connectivity index (χ3n) is 5.34. The van der Waals surface area contributed by atoms with Gasteiger partial charge in [0.25, 0.3) is 5.56 Å². The fourth-order valence-electron chi connectivity index (χ4n) is 3.88. The van der Waals surface area contributed by atoms with E-state index in [1.165, 1.54) is 7.11 Å². The van der Waals surface area contributed by atoms with E-state index in [1.807, 2.05) is 37.3 Å². The number of aromatic nitrogens is 1. The van der Waals surface area contributed by atoms with E-state index in [9.17, 15) is 9.59 Å². The van der Waals surface area contributed by atoms with Crippen LogP contribution in [0.5, 0.6) is 5.75 Å². The van der Waals surface area contributed by atoms with Gasteiger partial charge in [-0.15, -0.1) is 0 Å². The first-order valence-electron chi connectivity index (χ1n) is 9.70. The van der Waals surface area contributed by atoms with E-state index in [0.717, 1.165) is 5.56 Å². The first-order chi connectivity index (χ1) is 14.9. The summed E-state index contributed by atoms with van der Waals surface area (Å²) in [5, 5.41) is 0.477. The zero-order valence-corrected chi connectivity index (χ0v) is 17.8. The highest BCUT2D eigenvalue weighted by atomic mass is 35.5. The Morgan fingerprint density at radius 3 is 2.58 bits per heavy atom. The number of carbonyl (C=O) groups is 1. The molecule has 2 aromatic carbocycles. The average molecular weight is 437 g/mol. The SMILES string of the molecule is COC(=O)C1=C(N)Oc2cc(C)n(Cc3ccccc3)c(=O)c2[C@@H]1c1cccc(Cl)c1. The second-order valence-corrected chi connectivity index (χ2v) is 7.74. The number of carbonyl (C=O) groups excluding carboxylic acids is 1. The molecule has 0 saturated carbocycles. The fraction of sp³-hybridized carbons (Fsp3) is 0.167. The van der Waals surface area contributed by atoms with Crippen LogP contribution in [-0.4, -0.2) is 17.6 Å². The van der Waals surface area contributed by atoms with Crippen molar-refractivity contribution in [1.29, 1.82) is 0 Å². The van der Waals surface area contributed by atoms with E-state index in [0.29, 0.717) is 34.1 Å². The van der Waals surface area contributed by atoms with Gasteiger partial charge in [0.1, 0.15) is 11.3 Å². The number of hydrogen-bond acceptors (Lipinski definition) is 5. The summed E-state index contributed by atoms with van der Waals surface area (Å²) >= 11 is 6.21. The standard InChI is InChI=1S/C24H21ClN2O4/c1-14-11-18-20(23(28)27(14)13-15-7-4-3-5-8-15)19(16-9-6-10-17(25)12-16)21(22(26)31-18)24(29)30-2/h3-12,19H,13,26H2,1-2H3/t19-/m0/s1. The van der Waals surface area contributed by atoms with E-state index in [4.69, 9.17) is 26.8 Å². The first-order valence-corrected chi connectivity index (χ1v) is 10.1. The lowest BCUT2D eigenvalue weighted by Gasteiger charge is -2.29. The minimum atomic E-state index is -0.773. The Labute approximate surface area is 184 Å². The van der Waals surface area contributed by atoms with Crippen LogP contribution in [0.15, 0.2) is 76.9 Å². The number of esters is 1. The molecule has 1 aromatic heterocycles. The quantitative estimate of drug-likeness (QED) is 0.630. The molecule has 0 amide bonds. The van der Waals surface area contributed by atoms with Crippen LogP contribution in [0.4, 0.5) is 0 Å². The number of rotatable bonds is 4. The van der Waals surface area contributed by atoms with Gasteiger partial charge in [-0.2, -0.15) is 0 Å². The van der Waals surface area contributed by atoms with Crippen LogP contribution in [0.2, 0.25) is 5.02 Å². The lowest BCUT2D eigenvalue weighted by molar-refractivity contribution is -0.136. The van der Waals surface area contributed by atoms with Gasteiger partial charge in [-0.05, 0) is 30.2 Å². The zero-order chi connectivity index (χ0) is 22.1. The summed E-state index contributed by atoms with van der Waals surface area (Å²) in [6.45, 7) is 2.21. The number of hydrogen-bond donors (Lipinski definition) is 1. The maximum Gasteiger partial charge on any atom is 0.340 e. The third kappa shape index (κ3) is 3.82. The molecule has 7 heteroatoms. The molecule has 0 fully saturated rings. The summed E-state index contributed by atoms with van der Waals surface area (Å²) in [6.07, 6.45) is 0. The minimum Gasteiger partial charge on any atom is -0.465 e. The molecule has 2 heterocycles. The largest absolute Gasteiger partial charge is 0.465 e. The van der Waals surface area contributed by atoms with E-state index >= 15 is 0 Å². The topological polar surface area (TPSA) is 83.5 Å². The highest BCUT2D eigenvalue weighted by molar-refractivity contribution is 6.30. The molecule has 0 radical (unpaired) electrons. The van der Waals surface area contributed by atoms with Crippen molar-refractivity contribution in [1.82, 2.24) is 4.57 Å². The monoisotopic (exact) mass is 436 g/mol. The van der Waals surface area contributed by atoms with E-state index < -0.39 is 11.9 Å². The number of nitrogens with two attached hydrogens (primary N) is 1. The Hall–Kier alpha value is -3.51. The van der Waals surface area contributed by atoms with Crippen molar-refractivity contribution in [2.75, 3.05) is 7.11 Å². The van der Waals surface area contributed by atoms with Crippen LogP contribution < -0.4 is 16.0 Å². The summed E-state index contributed by atoms with van der Waals surface area (Å²) in [7, 11) is 1.26. The van der Waals surface area contributed by atoms with Gasteiger partial charge in [0.15, 0.2) is 0 Å². The molecular weight excluding hydrogens is 416 g/mol. The highest BCUT2D eigenvalue weighted by Crippen LogP contribution is 2.41. The normalized spacial score (nSPS) is 15.3. The van der Waals surface area contributed by atoms with Gasteiger partial charge in [0.05, 0.1) is 25.1 Å². The zero-order valence-electron chi connectivity index (χ0n) is 17.1.